The number of nitrogens with one attached hydrogen (secondary N) is 2. The van der Waals surface area contributed by atoms with Crippen molar-refractivity contribution in [2.45, 2.75) is 45.7 Å². The molecule has 1 heterocycles. The highest BCUT2D eigenvalue weighted by molar-refractivity contribution is 5.97. The van der Waals surface area contributed by atoms with Crippen molar-refractivity contribution in [3.8, 4) is 5.69 Å². The van der Waals surface area contributed by atoms with Gasteiger partial charge in [-0.3, -0.25) is 9.59 Å². The number of hydrogen-bond donors (Lipinski definition) is 2. The third-order valence-corrected chi connectivity index (χ3v) is 4.88. The molecule has 0 unspecified atom stereocenters. The molecular formula is C24H28N4O2. The van der Waals surface area contributed by atoms with Gasteiger partial charge in [0.25, 0.3) is 5.91 Å². The topological polar surface area (TPSA) is 76.0 Å². The summed E-state index contributed by atoms with van der Waals surface area (Å²) in [5.74, 6) is -0.517. The van der Waals surface area contributed by atoms with Crippen molar-refractivity contribution in [1.82, 2.24) is 20.4 Å². The fraction of sp³-hybridized carbons (Fsp3) is 0.292. The Bertz CT molecular complexity index is 1000. The summed E-state index contributed by atoms with van der Waals surface area (Å²) in [6, 6.07) is 16.6. The van der Waals surface area contributed by atoms with E-state index in [-0.39, 0.29) is 17.2 Å². The lowest BCUT2D eigenvalue weighted by atomic mass is 9.86. The third kappa shape index (κ3) is 5.35. The highest BCUT2D eigenvalue weighted by Crippen LogP contribution is 2.22. The van der Waals surface area contributed by atoms with Crippen LogP contribution in [0.25, 0.3) is 5.69 Å². The Balaban J connectivity index is 1.52. The van der Waals surface area contributed by atoms with E-state index < -0.39 is 6.04 Å². The molecule has 2 N–H and O–H groups in total. The van der Waals surface area contributed by atoms with Crippen molar-refractivity contribution in [2.75, 3.05) is 0 Å². The van der Waals surface area contributed by atoms with E-state index >= 15 is 0 Å². The minimum Gasteiger partial charge on any atom is -0.350 e. The second kappa shape index (κ2) is 8.95. The van der Waals surface area contributed by atoms with Gasteiger partial charge in [-0.2, -0.15) is 5.10 Å². The first-order chi connectivity index (χ1) is 14.2. The van der Waals surface area contributed by atoms with Crippen LogP contribution in [0.3, 0.4) is 0 Å². The molecule has 156 valence electrons. The number of carbonyl (C=O) groups excluding carboxylic acids is 2. The van der Waals surface area contributed by atoms with Gasteiger partial charge in [0.1, 0.15) is 6.04 Å². The number of nitrogens with zero attached hydrogens (tertiary/aromatic N) is 2. The lowest BCUT2D eigenvalue weighted by Crippen LogP contribution is -2.44. The van der Waals surface area contributed by atoms with E-state index in [0.717, 1.165) is 16.8 Å². The molecule has 0 radical (unpaired) electrons. The molecule has 0 saturated carbocycles. The summed E-state index contributed by atoms with van der Waals surface area (Å²) in [6.45, 7) is 8.38. The molecule has 1 atom stereocenters. The number of aromatic nitrogens is 2. The van der Waals surface area contributed by atoms with Gasteiger partial charge in [0.2, 0.25) is 5.91 Å². The number of benzene rings is 2. The fourth-order valence-electron chi connectivity index (χ4n) is 2.98. The van der Waals surface area contributed by atoms with Crippen molar-refractivity contribution >= 4 is 11.8 Å². The molecular weight excluding hydrogens is 376 g/mol. The summed E-state index contributed by atoms with van der Waals surface area (Å²) in [6.07, 6.45) is 3.59. The maximum atomic E-state index is 12.5. The molecule has 3 aromatic rings. The number of para-hydroxylation sites is 1. The third-order valence-electron chi connectivity index (χ3n) is 4.88. The van der Waals surface area contributed by atoms with Crippen LogP contribution >= 0.6 is 0 Å². The van der Waals surface area contributed by atoms with Gasteiger partial charge in [-0.1, -0.05) is 51.1 Å². The van der Waals surface area contributed by atoms with Crippen molar-refractivity contribution in [3.05, 3.63) is 83.7 Å². The Labute approximate surface area is 177 Å². The summed E-state index contributed by atoms with van der Waals surface area (Å²) >= 11 is 0. The van der Waals surface area contributed by atoms with Gasteiger partial charge in [-0.05, 0) is 42.2 Å². The Morgan fingerprint density at radius 1 is 1.03 bits per heavy atom. The lowest BCUT2D eigenvalue weighted by molar-refractivity contribution is -0.122. The molecule has 6 heteroatoms. The SMILES string of the molecule is C[C@H](NC(=O)c1ccc(C(C)(C)C)cc1)C(=O)NCc1cnn(-c2ccccc2)c1. The van der Waals surface area contributed by atoms with Crippen LogP contribution in [0.2, 0.25) is 0 Å². The zero-order valence-corrected chi connectivity index (χ0v) is 17.8. The van der Waals surface area contributed by atoms with Crippen LogP contribution < -0.4 is 10.6 Å². The molecule has 0 spiro atoms. The van der Waals surface area contributed by atoms with Gasteiger partial charge in [0, 0.05) is 23.9 Å². The number of carbonyl (C=O) groups is 2. The van der Waals surface area contributed by atoms with Gasteiger partial charge in [0.05, 0.1) is 11.9 Å². The molecule has 0 saturated heterocycles. The van der Waals surface area contributed by atoms with Crippen LogP contribution in [0.15, 0.2) is 67.0 Å². The molecule has 0 aliphatic rings. The lowest BCUT2D eigenvalue weighted by Gasteiger charge is -2.19. The first kappa shape index (κ1) is 21.3. The van der Waals surface area contributed by atoms with Crippen LogP contribution in [0.1, 0.15) is 49.2 Å². The normalized spacial score (nSPS) is 12.3. The fourth-order valence-corrected chi connectivity index (χ4v) is 2.98. The average molecular weight is 405 g/mol. The predicted octanol–water partition coefficient (Wildman–Crippen LogP) is 3.60. The Morgan fingerprint density at radius 2 is 1.70 bits per heavy atom. The van der Waals surface area contributed by atoms with Crippen LogP contribution in [0.5, 0.6) is 0 Å². The van der Waals surface area contributed by atoms with E-state index in [9.17, 15) is 9.59 Å². The van der Waals surface area contributed by atoms with Gasteiger partial charge in [-0.15, -0.1) is 0 Å². The molecule has 3 rings (SSSR count). The van der Waals surface area contributed by atoms with E-state index in [0.29, 0.717) is 12.1 Å². The predicted molar refractivity (Wildman–Crippen MR) is 117 cm³/mol. The summed E-state index contributed by atoms with van der Waals surface area (Å²) in [5, 5.41) is 9.91. The van der Waals surface area contributed by atoms with Gasteiger partial charge in [-0.25, -0.2) is 4.68 Å². The second-order valence-electron chi connectivity index (χ2n) is 8.37. The Morgan fingerprint density at radius 3 is 2.33 bits per heavy atom. The van der Waals surface area contributed by atoms with Crippen molar-refractivity contribution in [2.24, 2.45) is 0 Å². The van der Waals surface area contributed by atoms with E-state index in [2.05, 4.69) is 36.5 Å². The van der Waals surface area contributed by atoms with Crippen LogP contribution in [-0.4, -0.2) is 27.6 Å². The summed E-state index contributed by atoms with van der Waals surface area (Å²) < 4.78 is 1.76. The van der Waals surface area contributed by atoms with Crippen molar-refractivity contribution < 1.29 is 9.59 Å². The smallest absolute Gasteiger partial charge is 0.251 e. The van der Waals surface area contributed by atoms with Crippen LogP contribution in [0, 0.1) is 0 Å². The first-order valence-electron chi connectivity index (χ1n) is 10.0. The molecule has 30 heavy (non-hydrogen) atoms. The van der Waals surface area contributed by atoms with E-state index in [1.54, 1.807) is 29.9 Å². The van der Waals surface area contributed by atoms with E-state index in [4.69, 9.17) is 0 Å². The van der Waals surface area contributed by atoms with Gasteiger partial charge in [0.15, 0.2) is 0 Å². The number of rotatable bonds is 6. The van der Waals surface area contributed by atoms with E-state index in [1.165, 1.54) is 0 Å². The Kier molecular flexibility index (Phi) is 6.35. The highest BCUT2D eigenvalue weighted by Gasteiger charge is 2.18. The summed E-state index contributed by atoms with van der Waals surface area (Å²) in [5.41, 5.74) is 3.54. The minimum atomic E-state index is -0.649. The highest BCUT2D eigenvalue weighted by atomic mass is 16.2. The van der Waals surface area contributed by atoms with Crippen molar-refractivity contribution in [1.29, 1.82) is 0 Å². The van der Waals surface area contributed by atoms with Crippen LogP contribution in [-0.2, 0) is 16.8 Å². The zero-order valence-electron chi connectivity index (χ0n) is 17.8. The number of amides is 2. The zero-order chi connectivity index (χ0) is 21.7. The quantitative estimate of drug-likeness (QED) is 0.659. The molecule has 0 fully saturated rings. The molecule has 2 amide bonds. The van der Waals surface area contributed by atoms with Crippen LogP contribution in [0.4, 0.5) is 0 Å². The van der Waals surface area contributed by atoms with Gasteiger partial charge >= 0.3 is 0 Å². The first-order valence-corrected chi connectivity index (χ1v) is 10.0. The number of hydrogen-bond acceptors (Lipinski definition) is 3. The molecule has 6 nitrogen and oxygen atoms in total. The molecule has 0 bridgehead atoms. The largest absolute Gasteiger partial charge is 0.350 e. The average Bonchev–Trinajstić information content (AvgIpc) is 3.21. The second-order valence-corrected chi connectivity index (χ2v) is 8.37. The Hall–Kier alpha value is -3.41. The minimum absolute atomic E-state index is 0.0243. The summed E-state index contributed by atoms with van der Waals surface area (Å²) in [4.78, 5) is 24.8. The standard InChI is InChI=1S/C24H28N4O2/c1-17(27-23(30)19-10-12-20(13-11-19)24(2,3)4)22(29)25-14-18-15-26-28(16-18)21-8-6-5-7-9-21/h5-13,15-17H,14H2,1-4H3,(H,25,29)(H,27,30)/t17-/m0/s1. The molecule has 0 aliphatic heterocycles. The maximum absolute atomic E-state index is 12.5. The monoisotopic (exact) mass is 404 g/mol. The summed E-state index contributed by atoms with van der Waals surface area (Å²) in [7, 11) is 0. The van der Waals surface area contributed by atoms with E-state index in [1.807, 2.05) is 48.7 Å². The maximum Gasteiger partial charge on any atom is 0.251 e. The molecule has 0 aliphatic carbocycles. The molecule has 2 aromatic carbocycles. The van der Waals surface area contributed by atoms with Crippen molar-refractivity contribution in [3.63, 3.8) is 0 Å². The van der Waals surface area contributed by atoms with Gasteiger partial charge < -0.3 is 10.6 Å². The molecule has 1 aromatic heterocycles.